The zero-order valence-corrected chi connectivity index (χ0v) is 16.2. The van der Waals surface area contributed by atoms with Gasteiger partial charge in [-0.05, 0) is 24.1 Å². The highest BCUT2D eigenvalue weighted by atomic mass is 16.5. The summed E-state index contributed by atoms with van der Waals surface area (Å²) in [6, 6.07) is 18.6. The summed E-state index contributed by atoms with van der Waals surface area (Å²) in [5.74, 6) is 1.65. The van der Waals surface area contributed by atoms with E-state index in [0.717, 1.165) is 30.9 Å². The van der Waals surface area contributed by atoms with Crippen LogP contribution in [0.2, 0.25) is 0 Å². The summed E-state index contributed by atoms with van der Waals surface area (Å²) in [4.78, 5) is 15.8. The zero-order chi connectivity index (χ0) is 19.2. The minimum Gasteiger partial charge on any atom is -0.483 e. The molecule has 2 N–H and O–H groups in total. The second-order valence-electron chi connectivity index (χ2n) is 7.39. The van der Waals surface area contributed by atoms with Crippen molar-refractivity contribution < 1.29 is 9.53 Å². The molecule has 1 heterocycles. The number of hydrogen-bond acceptors (Lipinski definition) is 4. The van der Waals surface area contributed by atoms with Gasteiger partial charge in [0.2, 0.25) is 0 Å². The van der Waals surface area contributed by atoms with Gasteiger partial charge in [0, 0.05) is 45.2 Å². The Balaban J connectivity index is 1.68. The van der Waals surface area contributed by atoms with Gasteiger partial charge in [0.05, 0.1) is 0 Å². The van der Waals surface area contributed by atoms with E-state index < -0.39 is 0 Å². The lowest BCUT2D eigenvalue weighted by Crippen LogP contribution is -2.28. The van der Waals surface area contributed by atoms with Gasteiger partial charge in [0.1, 0.15) is 5.75 Å². The van der Waals surface area contributed by atoms with E-state index in [-0.39, 0.29) is 12.5 Å². The van der Waals surface area contributed by atoms with Crippen molar-refractivity contribution in [3.8, 4) is 5.75 Å². The van der Waals surface area contributed by atoms with E-state index >= 15 is 0 Å². The number of nitrogens with zero attached hydrogens (tertiary/aromatic N) is 2. The molecule has 3 rings (SSSR count). The Hall–Kier alpha value is -2.37. The lowest BCUT2D eigenvalue weighted by Gasteiger charge is -2.19. The predicted octanol–water partition coefficient (Wildman–Crippen LogP) is 2.33. The Morgan fingerprint density at radius 2 is 1.81 bits per heavy atom. The first-order chi connectivity index (χ1) is 13.1. The molecule has 27 heavy (non-hydrogen) atoms. The van der Waals surface area contributed by atoms with Gasteiger partial charge in [-0.1, -0.05) is 48.5 Å². The fourth-order valence-corrected chi connectivity index (χ4v) is 3.69. The number of carbonyl (C=O) groups excluding carboxylic acids is 1. The van der Waals surface area contributed by atoms with Crippen LogP contribution in [0.15, 0.2) is 54.6 Å². The van der Waals surface area contributed by atoms with Crippen molar-refractivity contribution in [1.82, 2.24) is 9.80 Å². The lowest BCUT2D eigenvalue weighted by atomic mass is 9.89. The molecule has 1 aliphatic heterocycles. The van der Waals surface area contributed by atoms with Gasteiger partial charge in [0.25, 0.3) is 5.91 Å². The summed E-state index contributed by atoms with van der Waals surface area (Å²) in [7, 11) is 3.47. The second kappa shape index (κ2) is 9.02. The number of hydrogen-bond donors (Lipinski definition) is 1. The largest absolute Gasteiger partial charge is 0.483 e. The van der Waals surface area contributed by atoms with E-state index in [0.29, 0.717) is 18.4 Å². The molecular weight excluding hydrogens is 338 g/mol. The molecule has 0 spiro atoms. The van der Waals surface area contributed by atoms with E-state index in [4.69, 9.17) is 10.5 Å². The summed E-state index contributed by atoms with van der Waals surface area (Å²) >= 11 is 0. The van der Waals surface area contributed by atoms with E-state index in [1.165, 1.54) is 5.56 Å². The molecule has 1 fully saturated rings. The molecule has 1 saturated heterocycles. The van der Waals surface area contributed by atoms with Gasteiger partial charge in [-0.15, -0.1) is 0 Å². The van der Waals surface area contributed by atoms with Gasteiger partial charge in [0.15, 0.2) is 6.61 Å². The number of carbonyl (C=O) groups is 1. The monoisotopic (exact) mass is 367 g/mol. The molecular formula is C22H29N3O2. The van der Waals surface area contributed by atoms with Gasteiger partial charge >= 0.3 is 0 Å². The third kappa shape index (κ3) is 4.87. The molecule has 5 nitrogen and oxygen atoms in total. The van der Waals surface area contributed by atoms with Crippen LogP contribution in [0, 0.1) is 5.92 Å². The molecule has 0 aliphatic carbocycles. The van der Waals surface area contributed by atoms with Crippen LogP contribution in [-0.2, 0) is 11.3 Å². The highest BCUT2D eigenvalue weighted by Gasteiger charge is 2.33. The van der Waals surface area contributed by atoms with E-state index in [1.807, 2.05) is 18.2 Å². The van der Waals surface area contributed by atoms with E-state index in [2.05, 4.69) is 41.3 Å². The SMILES string of the molecule is CN(C)C(=O)COc1ccccc1CN1C[C@@H](CN)[C@H](c2ccccc2)C1. The molecule has 0 aromatic heterocycles. The molecule has 0 saturated carbocycles. The first-order valence-corrected chi connectivity index (χ1v) is 9.46. The standard InChI is InChI=1S/C22H29N3O2/c1-24(2)22(26)16-27-21-11-7-6-10-18(21)13-25-14-19(12-23)20(15-25)17-8-4-3-5-9-17/h3-11,19-20H,12-16,23H2,1-2H3/t19-,20+/m1/s1. The highest BCUT2D eigenvalue weighted by Crippen LogP contribution is 2.33. The first kappa shape index (κ1) is 19.4. The van der Waals surface area contributed by atoms with Crippen molar-refractivity contribution in [2.24, 2.45) is 11.7 Å². The van der Waals surface area contributed by atoms with E-state index in [1.54, 1.807) is 19.0 Å². The van der Waals surface area contributed by atoms with Crippen LogP contribution >= 0.6 is 0 Å². The van der Waals surface area contributed by atoms with Crippen molar-refractivity contribution in [3.05, 3.63) is 65.7 Å². The Kier molecular flexibility index (Phi) is 6.48. The van der Waals surface area contributed by atoms with Crippen LogP contribution < -0.4 is 10.5 Å². The average molecular weight is 367 g/mol. The zero-order valence-electron chi connectivity index (χ0n) is 16.2. The third-order valence-electron chi connectivity index (χ3n) is 5.26. The molecule has 0 radical (unpaired) electrons. The maximum Gasteiger partial charge on any atom is 0.259 e. The van der Waals surface area contributed by atoms with Crippen molar-refractivity contribution in [3.63, 3.8) is 0 Å². The molecule has 144 valence electrons. The average Bonchev–Trinajstić information content (AvgIpc) is 3.10. The van der Waals surface area contributed by atoms with Crippen molar-refractivity contribution in [2.45, 2.75) is 12.5 Å². The number of ether oxygens (including phenoxy) is 1. The summed E-state index contributed by atoms with van der Waals surface area (Å²) in [5, 5.41) is 0. The molecule has 1 amide bonds. The number of likely N-dealkylation sites (tertiary alicyclic amines) is 1. The Morgan fingerprint density at radius 3 is 2.52 bits per heavy atom. The molecule has 5 heteroatoms. The summed E-state index contributed by atoms with van der Waals surface area (Å²) < 4.78 is 5.79. The number of rotatable bonds is 7. The number of benzene rings is 2. The van der Waals surface area contributed by atoms with Gasteiger partial charge in [-0.25, -0.2) is 0 Å². The van der Waals surface area contributed by atoms with Crippen LogP contribution in [0.25, 0.3) is 0 Å². The topological polar surface area (TPSA) is 58.8 Å². The van der Waals surface area contributed by atoms with Crippen molar-refractivity contribution >= 4 is 5.91 Å². The van der Waals surface area contributed by atoms with Crippen LogP contribution in [0.1, 0.15) is 17.0 Å². The summed E-state index contributed by atoms with van der Waals surface area (Å²) in [5.41, 5.74) is 8.53. The maximum atomic E-state index is 11.8. The van der Waals surface area contributed by atoms with Crippen LogP contribution in [0.5, 0.6) is 5.75 Å². The first-order valence-electron chi connectivity index (χ1n) is 9.46. The molecule has 0 bridgehead atoms. The second-order valence-corrected chi connectivity index (χ2v) is 7.39. The smallest absolute Gasteiger partial charge is 0.259 e. The van der Waals surface area contributed by atoms with Crippen molar-refractivity contribution in [1.29, 1.82) is 0 Å². The number of likely N-dealkylation sites (N-methyl/N-ethyl adjacent to an activating group) is 1. The Bertz CT molecular complexity index is 748. The minimum absolute atomic E-state index is 0.0432. The van der Waals surface area contributed by atoms with E-state index in [9.17, 15) is 4.79 Å². The van der Waals surface area contributed by atoms with Crippen LogP contribution in [-0.4, -0.2) is 56.0 Å². The quantitative estimate of drug-likeness (QED) is 0.816. The fourth-order valence-electron chi connectivity index (χ4n) is 3.69. The number of amides is 1. The maximum absolute atomic E-state index is 11.8. The van der Waals surface area contributed by atoms with Crippen LogP contribution in [0.3, 0.4) is 0 Å². The predicted molar refractivity (Wildman–Crippen MR) is 108 cm³/mol. The van der Waals surface area contributed by atoms with Crippen LogP contribution in [0.4, 0.5) is 0 Å². The molecule has 2 aromatic carbocycles. The molecule has 2 atom stereocenters. The summed E-state index contributed by atoms with van der Waals surface area (Å²) in [6.45, 7) is 3.50. The summed E-state index contributed by atoms with van der Waals surface area (Å²) in [6.07, 6.45) is 0. The van der Waals surface area contributed by atoms with Gasteiger partial charge in [-0.3, -0.25) is 9.69 Å². The Morgan fingerprint density at radius 1 is 1.11 bits per heavy atom. The Labute approximate surface area is 161 Å². The fraction of sp³-hybridized carbons (Fsp3) is 0.409. The van der Waals surface area contributed by atoms with Gasteiger partial charge in [-0.2, -0.15) is 0 Å². The molecule has 0 unspecified atom stereocenters. The number of nitrogens with two attached hydrogens (primary N) is 1. The minimum atomic E-state index is -0.0432. The molecule has 2 aromatic rings. The number of para-hydroxylation sites is 1. The third-order valence-corrected chi connectivity index (χ3v) is 5.26. The van der Waals surface area contributed by atoms with Gasteiger partial charge < -0.3 is 15.4 Å². The lowest BCUT2D eigenvalue weighted by molar-refractivity contribution is -0.130. The molecule has 1 aliphatic rings. The van der Waals surface area contributed by atoms with Crippen molar-refractivity contribution in [2.75, 3.05) is 40.3 Å². The normalized spacial score (nSPS) is 19.8. The highest BCUT2D eigenvalue weighted by molar-refractivity contribution is 5.77.